The summed E-state index contributed by atoms with van der Waals surface area (Å²) in [5.41, 5.74) is 0. The van der Waals surface area contributed by atoms with Crippen LogP contribution in [0.2, 0.25) is 0 Å². The van der Waals surface area contributed by atoms with Crippen LogP contribution in [0.25, 0.3) is 0 Å². The highest BCUT2D eigenvalue weighted by Crippen LogP contribution is 2.34. The molecule has 13 heavy (non-hydrogen) atoms. The molecule has 0 saturated carbocycles. The molecule has 0 aliphatic rings. The highest BCUT2D eigenvalue weighted by Gasteiger charge is 2.24. The zero-order valence-corrected chi connectivity index (χ0v) is 7.22. The molecule has 0 aromatic carbocycles. The van der Waals surface area contributed by atoms with E-state index < -0.39 is 32.5 Å². The lowest BCUT2D eigenvalue weighted by Crippen LogP contribution is -2.35. The highest BCUT2D eigenvalue weighted by atomic mass is 31.2. The number of rotatable bonds is 4. The number of carboxylic acids is 1. The molecule has 8 nitrogen and oxygen atoms in total. The Morgan fingerprint density at radius 3 is 1.92 bits per heavy atom. The van der Waals surface area contributed by atoms with Crippen LogP contribution in [0.15, 0.2) is 0 Å². The first-order chi connectivity index (χ1) is 5.72. The van der Waals surface area contributed by atoms with E-state index in [4.69, 9.17) is 20.0 Å². The molecule has 0 rings (SSSR count). The second-order valence-electron chi connectivity index (χ2n) is 2.18. The molecule has 0 bridgehead atoms. The molecule has 0 aromatic rings. The minimum absolute atomic E-state index is 0.128. The quantitative estimate of drug-likeness (QED) is 0.448. The Kier molecular flexibility index (Phi) is 3.86. The van der Waals surface area contributed by atoms with Crippen molar-refractivity contribution in [3.63, 3.8) is 0 Å². The third-order valence-electron chi connectivity index (χ3n) is 0.952. The molecule has 4 N–H and O–H groups in total. The molecule has 76 valence electrons. The Labute approximate surface area is 72.6 Å². The van der Waals surface area contributed by atoms with Crippen molar-refractivity contribution in [2.24, 2.45) is 0 Å². The van der Waals surface area contributed by atoms with Gasteiger partial charge in [-0.15, -0.1) is 0 Å². The van der Waals surface area contributed by atoms with Gasteiger partial charge in [0.2, 0.25) is 0 Å². The maximum atomic E-state index is 10.3. The molecule has 0 radical (unpaired) electrons. The number of carbonyl (C=O) groups is 2. The Balaban J connectivity index is 4.36. The van der Waals surface area contributed by atoms with E-state index in [9.17, 15) is 14.2 Å². The number of aliphatic carboxylic acids is 1. The van der Waals surface area contributed by atoms with Gasteiger partial charge in [-0.2, -0.15) is 0 Å². The van der Waals surface area contributed by atoms with Crippen molar-refractivity contribution in [1.29, 1.82) is 0 Å². The number of carboxylic acid groups (broad SMARTS) is 2. The van der Waals surface area contributed by atoms with Gasteiger partial charge in [-0.3, -0.25) is 14.3 Å². The average molecular weight is 213 g/mol. The first-order valence-electron chi connectivity index (χ1n) is 2.96. The van der Waals surface area contributed by atoms with E-state index in [-0.39, 0.29) is 4.90 Å². The largest absolute Gasteiger partial charge is 0.480 e. The van der Waals surface area contributed by atoms with Crippen LogP contribution in [0.5, 0.6) is 0 Å². The molecule has 0 aliphatic carbocycles. The first kappa shape index (κ1) is 11.9. The van der Waals surface area contributed by atoms with E-state index in [2.05, 4.69) is 0 Å². The zero-order valence-electron chi connectivity index (χ0n) is 6.32. The van der Waals surface area contributed by atoms with Crippen molar-refractivity contribution in [1.82, 2.24) is 4.90 Å². The lowest BCUT2D eigenvalue weighted by Gasteiger charge is -2.16. The smallest absolute Gasteiger partial charge is 0.408 e. The summed E-state index contributed by atoms with van der Waals surface area (Å²) in [6.45, 7) is -0.958. The van der Waals surface area contributed by atoms with Gasteiger partial charge in [-0.25, -0.2) is 4.79 Å². The summed E-state index contributed by atoms with van der Waals surface area (Å²) >= 11 is 0. The van der Waals surface area contributed by atoms with Crippen LogP contribution in [0.3, 0.4) is 0 Å². The van der Waals surface area contributed by atoms with Crippen LogP contribution in [-0.2, 0) is 9.36 Å². The Morgan fingerprint density at radius 2 is 1.69 bits per heavy atom. The summed E-state index contributed by atoms with van der Waals surface area (Å²) in [6, 6.07) is 0. The molecule has 0 spiro atoms. The van der Waals surface area contributed by atoms with Crippen LogP contribution in [-0.4, -0.2) is 49.8 Å². The van der Waals surface area contributed by atoms with Gasteiger partial charge in [-0.05, 0) is 0 Å². The van der Waals surface area contributed by atoms with Crippen molar-refractivity contribution in [3.05, 3.63) is 0 Å². The van der Waals surface area contributed by atoms with E-state index in [1.165, 1.54) is 0 Å². The molecule has 1 amide bonds. The zero-order chi connectivity index (χ0) is 10.6. The van der Waals surface area contributed by atoms with Gasteiger partial charge in [0.25, 0.3) is 0 Å². The standard InChI is InChI=1S/C4H8NO7P/c6-3(7)1-5(4(8)9)2-13(10,11)12/h1-2H2,(H,6,7)(H,8,9)(H2,10,11,12). The molecular formula is C4H8NO7P. The highest BCUT2D eigenvalue weighted by molar-refractivity contribution is 7.51. The lowest BCUT2D eigenvalue weighted by atomic mass is 10.6. The van der Waals surface area contributed by atoms with Crippen molar-refractivity contribution < 1.29 is 34.2 Å². The Bertz CT molecular complexity index is 257. The predicted molar refractivity (Wildman–Crippen MR) is 39.3 cm³/mol. The number of nitrogens with zero attached hydrogens (tertiary/aromatic N) is 1. The summed E-state index contributed by atoms with van der Waals surface area (Å²) in [5.74, 6) is -1.48. The summed E-state index contributed by atoms with van der Waals surface area (Å²) < 4.78 is 10.3. The summed E-state index contributed by atoms with van der Waals surface area (Å²) in [7, 11) is -4.55. The maximum absolute atomic E-state index is 10.3. The fraction of sp³-hybridized carbons (Fsp3) is 0.500. The minimum atomic E-state index is -4.55. The van der Waals surface area contributed by atoms with Gasteiger partial charge >= 0.3 is 19.7 Å². The topological polar surface area (TPSA) is 135 Å². The molecule has 0 saturated heterocycles. The predicted octanol–water partition coefficient (Wildman–Crippen LogP) is -0.814. The molecule has 0 unspecified atom stereocenters. The van der Waals surface area contributed by atoms with Gasteiger partial charge in [0, 0.05) is 0 Å². The lowest BCUT2D eigenvalue weighted by molar-refractivity contribution is -0.137. The molecule has 0 fully saturated rings. The van der Waals surface area contributed by atoms with Crippen LogP contribution in [0.1, 0.15) is 0 Å². The summed E-state index contributed by atoms with van der Waals surface area (Å²) in [4.78, 5) is 37.1. The van der Waals surface area contributed by atoms with Gasteiger partial charge in [0.15, 0.2) is 0 Å². The maximum Gasteiger partial charge on any atom is 0.408 e. The normalized spacial score (nSPS) is 10.9. The Hall–Kier alpha value is -1.11. The number of amides is 1. The number of hydrogen-bond donors (Lipinski definition) is 4. The van der Waals surface area contributed by atoms with Gasteiger partial charge in [0.1, 0.15) is 12.8 Å². The second-order valence-corrected chi connectivity index (χ2v) is 3.79. The van der Waals surface area contributed by atoms with Gasteiger partial charge in [0.05, 0.1) is 0 Å². The molecule has 0 aliphatic heterocycles. The SMILES string of the molecule is O=C(O)CN(CP(=O)(O)O)C(=O)O. The molecular weight excluding hydrogens is 205 g/mol. The van der Waals surface area contributed by atoms with Crippen molar-refractivity contribution >= 4 is 19.7 Å². The average Bonchev–Trinajstić information content (AvgIpc) is 1.81. The van der Waals surface area contributed by atoms with Gasteiger partial charge in [-0.1, -0.05) is 0 Å². The summed E-state index contributed by atoms with van der Waals surface area (Å²) in [5, 5.41) is 16.5. The van der Waals surface area contributed by atoms with E-state index in [0.717, 1.165) is 0 Å². The minimum Gasteiger partial charge on any atom is -0.480 e. The molecule has 0 heterocycles. The van der Waals surface area contributed by atoms with Crippen LogP contribution in [0.4, 0.5) is 4.79 Å². The number of hydrogen-bond acceptors (Lipinski definition) is 3. The fourth-order valence-electron chi connectivity index (χ4n) is 0.564. The first-order valence-corrected chi connectivity index (χ1v) is 4.76. The third-order valence-corrected chi connectivity index (χ3v) is 1.66. The molecule has 0 atom stereocenters. The fourth-order valence-corrected chi connectivity index (χ4v) is 1.23. The van der Waals surface area contributed by atoms with Gasteiger partial charge < -0.3 is 20.0 Å². The van der Waals surface area contributed by atoms with E-state index in [1.807, 2.05) is 0 Å². The van der Waals surface area contributed by atoms with E-state index in [1.54, 1.807) is 0 Å². The van der Waals surface area contributed by atoms with E-state index >= 15 is 0 Å². The van der Waals surface area contributed by atoms with Crippen LogP contribution in [0, 0.1) is 0 Å². The van der Waals surface area contributed by atoms with Crippen LogP contribution < -0.4 is 0 Å². The third kappa shape index (κ3) is 6.09. The van der Waals surface area contributed by atoms with E-state index in [0.29, 0.717) is 0 Å². The molecule has 0 aromatic heterocycles. The van der Waals surface area contributed by atoms with Crippen molar-refractivity contribution in [2.75, 3.05) is 12.8 Å². The van der Waals surface area contributed by atoms with Crippen molar-refractivity contribution in [3.8, 4) is 0 Å². The van der Waals surface area contributed by atoms with Crippen molar-refractivity contribution in [2.45, 2.75) is 0 Å². The molecule has 9 heteroatoms. The Morgan fingerprint density at radius 1 is 1.23 bits per heavy atom. The monoisotopic (exact) mass is 213 g/mol. The summed E-state index contributed by atoms with van der Waals surface area (Å²) in [6.07, 6.45) is -2.81. The second kappa shape index (κ2) is 4.22. The van der Waals surface area contributed by atoms with Crippen LogP contribution >= 0.6 is 7.60 Å².